The Kier molecular flexibility index (Phi) is 6.11. The van der Waals surface area contributed by atoms with Gasteiger partial charge in [0.15, 0.2) is 6.10 Å². The predicted octanol–water partition coefficient (Wildman–Crippen LogP) is 3.57. The number of nitrogens with zero attached hydrogens (tertiary/aromatic N) is 1. The molecule has 27 heavy (non-hydrogen) atoms. The van der Waals surface area contributed by atoms with E-state index in [-0.39, 0.29) is 16.6 Å². The van der Waals surface area contributed by atoms with Gasteiger partial charge in [0.2, 0.25) is 0 Å². The molecule has 0 radical (unpaired) electrons. The quantitative estimate of drug-likeness (QED) is 0.578. The van der Waals surface area contributed by atoms with Crippen molar-refractivity contribution in [2.24, 2.45) is 0 Å². The number of thioether (sulfide) groups is 1. The molecule has 1 aliphatic heterocycles. The van der Waals surface area contributed by atoms with Crippen LogP contribution in [0.1, 0.15) is 18.1 Å². The Morgan fingerprint density at radius 2 is 1.93 bits per heavy atom. The van der Waals surface area contributed by atoms with Gasteiger partial charge in [0.1, 0.15) is 11.6 Å². The molecular weight excluding hydrogens is 372 g/mol. The van der Waals surface area contributed by atoms with Gasteiger partial charge in [-0.25, -0.2) is 8.78 Å². The number of halogens is 2. The van der Waals surface area contributed by atoms with Crippen LogP contribution in [-0.4, -0.2) is 35.2 Å². The van der Waals surface area contributed by atoms with E-state index in [1.54, 1.807) is 4.90 Å². The summed E-state index contributed by atoms with van der Waals surface area (Å²) >= 11 is 0.835. The van der Waals surface area contributed by atoms with Crippen molar-refractivity contribution in [2.75, 3.05) is 12.3 Å². The van der Waals surface area contributed by atoms with Crippen LogP contribution in [-0.2, 0) is 27.3 Å². The van der Waals surface area contributed by atoms with E-state index in [9.17, 15) is 18.4 Å². The number of esters is 1. The SMILES string of the molecule is C[C@H](OC(=O)CSc1cc(F)ccc1F)C(=O)N1CCc2ccccc2C1. The molecule has 1 atom stereocenters. The minimum absolute atomic E-state index is 0.0265. The van der Waals surface area contributed by atoms with Gasteiger partial charge in [-0.1, -0.05) is 24.3 Å². The van der Waals surface area contributed by atoms with Crippen molar-refractivity contribution in [2.45, 2.75) is 30.9 Å². The Morgan fingerprint density at radius 1 is 1.19 bits per heavy atom. The normalized spacial score (nSPS) is 14.4. The van der Waals surface area contributed by atoms with Crippen molar-refractivity contribution in [3.8, 4) is 0 Å². The van der Waals surface area contributed by atoms with Crippen molar-refractivity contribution in [1.29, 1.82) is 0 Å². The van der Waals surface area contributed by atoms with E-state index in [1.807, 2.05) is 24.3 Å². The monoisotopic (exact) mass is 391 g/mol. The van der Waals surface area contributed by atoms with Crippen molar-refractivity contribution < 1.29 is 23.1 Å². The Labute approximate surface area is 160 Å². The van der Waals surface area contributed by atoms with Crippen LogP contribution in [0.4, 0.5) is 8.78 Å². The lowest BCUT2D eigenvalue weighted by Crippen LogP contribution is -2.42. The molecule has 0 unspecified atom stereocenters. The zero-order valence-corrected chi connectivity index (χ0v) is 15.6. The molecule has 0 bridgehead atoms. The van der Waals surface area contributed by atoms with Gasteiger partial charge in [-0.2, -0.15) is 0 Å². The molecule has 2 aromatic carbocycles. The highest BCUT2D eigenvalue weighted by Gasteiger charge is 2.27. The summed E-state index contributed by atoms with van der Waals surface area (Å²) in [5.41, 5.74) is 2.31. The largest absolute Gasteiger partial charge is 0.452 e. The lowest BCUT2D eigenvalue weighted by Gasteiger charge is -2.30. The molecule has 0 saturated heterocycles. The molecule has 142 valence electrons. The van der Waals surface area contributed by atoms with Crippen LogP contribution in [0, 0.1) is 11.6 Å². The topological polar surface area (TPSA) is 46.6 Å². The van der Waals surface area contributed by atoms with Gasteiger partial charge in [0, 0.05) is 18.0 Å². The standard InChI is InChI=1S/C20H19F2NO3S/c1-13(20(25)23-9-8-14-4-2-3-5-15(14)11-23)26-19(24)12-27-18-10-16(21)6-7-17(18)22/h2-7,10,13H,8-9,11-12H2,1H3/t13-/m0/s1. The van der Waals surface area contributed by atoms with Gasteiger partial charge in [-0.05, 0) is 42.7 Å². The third kappa shape index (κ3) is 4.86. The zero-order chi connectivity index (χ0) is 19.4. The van der Waals surface area contributed by atoms with Crippen LogP contribution in [0.25, 0.3) is 0 Å². The molecule has 4 nitrogen and oxygen atoms in total. The molecule has 0 spiro atoms. The average molecular weight is 391 g/mol. The van der Waals surface area contributed by atoms with Crippen molar-refractivity contribution in [1.82, 2.24) is 4.90 Å². The number of rotatable bonds is 5. The summed E-state index contributed by atoms with van der Waals surface area (Å²) in [6.07, 6.45) is -0.169. The summed E-state index contributed by atoms with van der Waals surface area (Å²) in [4.78, 5) is 26.2. The van der Waals surface area contributed by atoms with Crippen LogP contribution < -0.4 is 0 Å². The summed E-state index contributed by atoms with van der Waals surface area (Å²) < 4.78 is 31.9. The Balaban J connectivity index is 1.52. The fraction of sp³-hybridized carbons (Fsp3) is 0.300. The van der Waals surface area contributed by atoms with Gasteiger partial charge in [0.05, 0.1) is 5.75 Å². The molecule has 0 saturated carbocycles. The lowest BCUT2D eigenvalue weighted by atomic mass is 9.99. The number of fused-ring (bicyclic) bond motifs is 1. The van der Waals surface area contributed by atoms with Crippen molar-refractivity contribution in [3.63, 3.8) is 0 Å². The molecule has 2 aromatic rings. The van der Waals surface area contributed by atoms with Gasteiger partial charge in [-0.15, -0.1) is 11.8 Å². The number of hydrogen-bond acceptors (Lipinski definition) is 4. The third-order valence-electron chi connectivity index (χ3n) is 4.34. The smallest absolute Gasteiger partial charge is 0.317 e. The van der Waals surface area contributed by atoms with Crippen LogP contribution >= 0.6 is 11.8 Å². The van der Waals surface area contributed by atoms with Crippen LogP contribution in [0.2, 0.25) is 0 Å². The first kappa shape index (κ1) is 19.4. The van der Waals surface area contributed by atoms with E-state index >= 15 is 0 Å². The maximum absolute atomic E-state index is 13.6. The van der Waals surface area contributed by atoms with Gasteiger partial charge >= 0.3 is 5.97 Å². The summed E-state index contributed by atoms with van der Waals surface area (Å²) in [5.74, 6) is -2.31. The van der Waals surface area contributed by atoms with E-state index in [2.05, 4.69) is 0 Å². The van der Waals surface area contributed by atoms with Crippen LogP contribution in [0.5, 0.6) is 0 Å². The molecular formula is C20H19F2NO3S. The summed E-state index contributed by atoms with van der Waals surface area (Å²) in [6.45, 7) is 2.58. The minimum atomic E-state index is -0.930. The highest BCUT2D eigenvalue weighted by molar-refractivity contribution is 8.00. The summed E-state index contributed by atoms with van der Waals surface area (Å²) in [7, 11) is 0. The summed E-state index contributed by atoms with van der Waals surface area (Å²) in [5, 5.41) is 0. The molecule has 7 heteroatoms. The molecule has 0 aliphatic carbocycles. The second-order valence-electron chi connectivity index (χ2n) is 6.27. The van der Waals surface area contributed by atoms with Crippen LogP contribution in [0.15, 0.2) is 47.4 Å². The minimum Gasteiger partial charge on any atom is -0.452 e. The molecule has 0 aromatic heterocycles. The van der Waals surface area contributed by atoms with E-state index in [4.69, 9.17) is 4.74 Å². The highest BCUT2D eigenvalue weighted by atomic mass is 32.2. The highest BCUT2D eigenvalue weighted by Crippen LogP contribution is 2.23. The first-order valence-corrected chi connectivity index (χ1v) is 9.55. The first-order chi connectivity index (χ1) is 12.9. The van der Waals surface area contributed by atoms with Gasteiger partial charge in [-0.3, -0.25) is 9.59 Å². The van der Waals surface area contributed by atoms with Crippen LogP contribution in [0.3, 0.4) is 0 Å². The zero-order valence-electron chi connectivity index (χ0n) is 14.8. The predicted molar refractivity (Wildman–Crippen MR) is 98.2 cm³/mol. The van der Waals surface area contributed by atoms with Gasteiger partial charge < -0.3 is 9.64 Å². The lowest BCUT2D eigenvalue weighted by molar-refractivity contribution is -0.157. The molecule has 0 fully saturated rings. The van der Waals surface area contributed by atoms with Gasteiger partial charge in [0.25, 0.3) is 5.91 Å². The van der Waals surface area contributed by atoms with E-state index in [0.717, 1.165) is 41.9 Å². The molecule has 3 rings (SSSR count). The van der Waals surface area contributed by atoms with Crippen molar-refractivity contribution in [3.05, 3.63) is 65.2 Å². The fourth-order valence-electron chi connectivity index (χ4n) is 2.95. The Hall–Kier alpha value is -2.41. The number of hydrogen-bond donors (Lipinski definition) is 0. The number of carbonyl (C=O) groups is 2. The Morgan fingerprint density at radius 3 is 2.70 bits per heavy atom. The Bertz CT molecular complexity index is 859. The van der Waals surface area contributed by atoms with Crippen molar-refractivity contribution >= 4 is 23.6 Å². The maximum Gasteiger partial charge on any atom is 0.317 e. The second-order valence-corrected chi connectivity index (χ2v) is 7.29. The number of benzene rings is 2. The first-order valence-electron chi connectivity index (χ1n) is 8.57. The average Bonchev–Trinajstić information content (AvgIpc) is 2.67. The molecule has 1 aliphatic rings. The fourth-order valence-corrected chi connectivity index (χ4v) is 3.69. The third-order valence-corrected chi connectivity index (χ3v) is 5.34. The molecule has 0 N–H and O–H groups in total. The van der Waals surface area contributed by atoms with E-state index in [0.29, 0.717) is 13.1 Å². The number of amides is 1. The van der Waals surface area contributed by atoms with E-state index in [1.165, 1.54) is 12.5 Å². The number of carbonyl (C=O) groups excluding carboxylic acids is 2. The summed E-state index contributed by atoms with van der Waals surface area (Å²) in [6, 6.07) is 11.0. The molecule has 1 heterocycles. The molecule has 1 amide bonds. The van der Waals surface area contributed by atoms with E-state index < -0.39 is 23.7 Å². The number of ether oxygens (including phenoxy) is 1. The maximum atomic E-state index is 13.6. The second kappa shape index (κ2) is 8.52.